The Bertz CT molecular complexity index is 340. The van der Waals surface area contributed by atoms with Gasteiger partial charge in [-0.05, 0) is 29.1 Å². The van der Waals surface area contributed by atoms with Crippen LogP contribution in [0.1, 0.15) is 17.2 Å². The molecule has 1 heterocycles. The molecule has 13 heavy (non-hydrogen) atoms. The maximum atomic E-state index is 10.9. The lowest BCUT2D eigenvalue weighted by atomic mass is 10.0. The smallest absolute Gasteiger partial charge is 0.0502 e. The number of fused-ring (bicyclic) bond motifs is 1. The molecule has 2 atom stereocenters. The van der Waals surface area contributed by atoms with E-state index >= 15 is 0 Å². The molecule has 0 saturated heterocycles. The topological polar surface area (TPSA) is 52.2 Å². The lowest BCUT2D eigenvalue weighted by molar-refractivity contribution is 0.518. The largest absolute Gasteiger partial charge is 0.772 e. The van der Waals surface area contributed by atoms with Gasteiger partial charge in [0, 0.05) is 12.2 Å². The number of hydrogen-bond donors (Lipinski definition) is 1. The van der Waals surface area contributed by atoms with Gasteiger partial charge in [-0.15, -0.1) is 0 Å². The van der Waals surface area contributed by atoms with Gasteiger partial charge in [-0.1, -0.05) is 18.2 Å². The summed E-state index contributed by atoms with van der Waals surface area (Å²) in [6, 6.07) is 7.55. The van der Waals surface area contributed by atoms with E-state index in [1.807, 2.05) is 24.3 Å². The Hall–Kier alpha value is -0.870. The van der Waals surface area contributed by atoms with Gasteiger partial charge in [0.05, 0.1) is 5.25 Å². The van der Waals surface area contributed by atoms with Gasteiger partial charge >= 0.3 is 0 Å². The monoisotopic (exact) mass is 196 g/mol. The molecule has 1 aromatic carbocycles. The zero-order valence-corrected chi connectivity index (χ0v) is 7.84. The SMILES string of the molecule is O=S([O-])C1CCNc2ccccc21. The summed E-state index contributed by atoms with van der Waals surface area (Å²) < 4.78 is 21.8. The molecule has 70 valence electrons. The van der Waals surface area contributed by atoms with E-state index < -0.39 is 11.1 Å². The Labute approximate surface area is 79.4 Å². The average Bonchev–Trinajstić information content (AvgIpc) is 2.17. The Morgan fingerprint density at radius 3 is 3.00 bits per heavy atom. The second-order valence-electron chi connectivity index (χ2n) is 3.05. The molecule has 0 aromatic heterocycles. The van der Waals surface area contributed by atoms with Gasteiger partial charge < -0.3 is 9.87 Å². The molecule has 3 nitrogen and oxygen atoms in total. The maximum Gasteiger partial charge on any atom is 0.0502 e. The second-order valence-corrected chi connectivity index (χ2v) is 4.14. The number of nitrogens with one attached hydrogen (secondary N) is 1. The van der Waals surface area contributed by atoms with Crippen LogP contribution in [0.5, 0.6) is 0 Å². The average molecular weight is 196 g/mol. The third-order valence-corrected chi connectivity index (χ3v) is 3.22. The molecule has 0 aliphatic carbocycles. The minimum Gasteiger partial charge on any atom is -0.772 e. The van der Waals surface area contributed by atoms with Crippen LogP contribution in [0.25, 0.3) is 0 Å². The predicted octanol–water partition coefficient (Wildman–Crippen LogP) is 1.42. The van der Waals surface area contributed by atoms with E-state index in [9.17, 15) is 8.76 Å². The minimum absolute atomic E-state index is 0.336. The quantitative estimate of drug-likeness (QED) is 0.691. The minimum atomic E-state index is -2.00. The number of rotatable bonds is 1. The van der Waals surface area contributed by atoms with Gasteiger partial charge in [0.15, 0.2) is 0 Å². The van der Waals surface area contributed by atoms with Crippen LogP contribution in [0.2, 0.25) is 0 Å². The fourth-order valence-corrected chi connectivity index (χ4v) is 2.36. The summed E-state index contributed by atoms with van der Waals surface area (Å²) >= 11 is -2.00. The lowest BCUT2D eigenvalue weighted by Gasteiger charge is -2.27. The first-order chi connectivity index (χ1) is 6.29. The Morgan fingerprint density at radius 1 is 1.46 bits per heavy atom. The van der Waals surface area contributed by atoms with Crippen molar-refractivity contribution in [3.8, 4) is 0 Å². The van der Waals surface area contributed by atoms with Crippen LogP contribution in [-0.4, -0.2) is 15.3 Å². The first-order valence-electron chi connectivity index (χ1n) is 4.20. The zero-order valence-electron chi connectivity index (χ0n) is 7.03. The fraction of sp³-hybridized carbons (Fsp3) is 0.333. The van der Waals surface area contributed by atoms with Crippen LogP contribution in [0.3, 0.4) is 0 Å². The highest BCUT2D eigenvalue weighted by molar-refractivity contribution is 7.79. The second kappa shape index (κ2) is 3.47. The van der Waals surface area contributed by atoms with Crippen LogP contribution in [0.4, 0.5) is 5.69 Å². The van der Waals surface area contributed by atoms with Crippen LogP contribution in [0.15, 0.2) is 24.3 Å². The molecular formula is C9H10NO2S-. The molecule has 1 aromatic rings. The van der Waals surface area contributed by atoms with Gasteiger partial charge in [0.1, 0.15) is 0 Å². The highest BCUT2D eigenvalue weighted by atomic mass is 32.2. The summed E-state index contributed by atoms with van der Waals surface area (Å²) in [6.07, 6.45) is 0.660. The molecule has 2 unspecified atom stereocenters. The van der Waals surface area contributed by atoms with Crippen molar-refractivity contribution in [3.05, 3.63) is 29.8 Å². The van der Waals surface area contributed by atoms with Crippen molar-refractivity contribution in [1.82, 2.24) is 0 Å². The fourth-order valence-electron chi connectivity index (χ4n) is 1.63. The zero-order chi connectivity index (χ0) is 9.26. The van der Waals surface area contributed by atoms with Gasteiger partial charge in [0.25, 0.3) is 0 Å². The van der Waals surface area contributed by atoms with Gasteiger partial charge in [-0.2, -0.15) is 0 Å². The van der Waals surface area contributed by atoms with E-state index in [0.717, 1.165) is 17.8 Å². The number of hydrogen-bond acceptors (Lipinski definition) is 3. The van der Waals surface area contributed by atoms with E-state index in [2.05, 4.69) is 5.32 Å². The molecule has 0 amide bonds. The van der Waals surface area contributed by atoms with E-state index in [-0.39, 0.29) is 5.25 Å². The normalized spacial score (nSPS) is 23.0. The summed E-state index contributed by atoms with van der Waals surface area (Å²) in [4.78, 5) is 0. The van der Waals surface area contributed by atoms with Crippen molar-refractivity contribution in [3.63, 3.8) is 0 Å². The summed E-state index contributed by atoms with van der Waals surface area (Å²) in [5.41, 5.74) is 1.84. The first-order valence-corrected chi connectivity index (χ1v) is 5.33. The van der Waals surface area contributed by atoms with Gasteiger partial charge in [-0.3, -0.25) is 4.21 Å². The molecule has 1 aliphatic heterocycles. The molecule has 0 saturated carbocycles. The molecule has 0 fully saturated rings. The Kier molecular flexibility index (Phi) is 2.33. The third-order valence-electron chi connectivity index (χ3n) is 2.26. The first kappa shape index (κ1) is 8.72. The molecule has 1 aliphatic rings. The van der Waals surface area contributed by atoms with E-state index in [4.69, 9.17) is 0 Å². The summed E-state index contributed by atoms with van der Waals surface area (Å²) in [5.74, 6) is 0. The van der Waals surface area contributed by atoms with Crippen molar-refractivity contribution < 1.29 is 8.76 Å². The van der Waals surface area contributed by atoms with E-state index in [1.165, 1.54) is 0 Å². The highest BCUT2D eigenvalue weighted by Gasteiger charge is 2.19. The van der Waals surface area contributed by atoms with Crippen LogP contribution in [0, 0.1) is 0 Å². The summed E-state index contributed by atoms with van der Waals surface area (Å²) in [7, 11) is 0. The number of anilines is 1. The molecular weight excluding hydrogens is 186 g/mol. The molecule has 0 radical (unpaired) electrons. The van der Waals surface area contributed by atoms with Gasteiger partial charge in [0.2, 0.25) is 0 Å². The molecule has 0 bridgehead atoms. The predicted molar refractivity (Wildman–Crippen MR) is 51.2 cm³/mol. The molecule has 1 N–H and O–H groups in total. The number of para-hydroxylation sites is 1. The van der Waals surface area contributed by atoms with E-state index in [1.54, 1.807) is 0 Å². The van der Waals surface area contributed by atoms with E-state index in [0.29, 0.717) is 6.42 Å². The standard InChI is InChI=1S/C9H11NO2S/c11-13(12)9-5-6-10-8-4-2-1-3-7(8)9/h1-4,9-10H,5-6H2,(H,11,12)/p-1. The highest BCUT2D eigenvalue weighted by Crippen LogP contribution is 2.32. The van der Waals surface area contributed by atoms with Crippen LogP contribution >= 0.6 is 0 Å². The molecule has 2 rings (SSSR count). The number of benzene rings is 1. The van der Waals surface area contributed by atoms with Crippen LogP contribution in [-0.2, 0) is 11.1 Å². The van der Waals surface area contributed by atoms with Crippen molar-refractivity contribution in [2.45, 2.75) is 11.7 Å². The Balaban J connectivity index is 2.42. The summed E-state index contributed by atoms with van der Waals surface area (Å²) in [6.45, 7) is 0.732. The van der Waals surface area contributed by atoms with Gasteiger partial charge in [-0.25, -0.2) is 0 Å². The van der Waals surface area contributed by atoms with Crippen molar-refractivity contribution in [2.75, 3.05) is 11.9 Å². The van der Waals surface area contributed by atoms with Crippen molar-refractivity contribution >= 4 is 16.8 Å². The van der Waals surface area contributed by atoms with Crippen molar-refractivity contribution in [2.24, 2.45) is 0 Å². The Morgan fingerprint density at radius 2 is 2.23 bits per heavy atom. The molecule has 4 heteroatoms. The molecule has 0 spiro atoms. The van der Waals surface area contributed by atoms with Crippen molar-refractivity contribution in [1.29, 1.82) is 0 Å². The lowest BCUT2D eigenvalue weighted by Crippen LogP contribution is -2.19. The maximum absolute atomic E-state index is 10.9. The third kappa shape index (κ3) is 1.59. The summed E-state index contributed by atoms with van der Waals surface area (Å²) in [5, 5.41) is 2.84. The van der Waals surface area contributed by atoms with Crippen LogP contribution < -0.4 is 5.32 Å².